The van der Waals surface area contributed by atoms with E-state index in [0.29, 0.717) is 44.2 Å². The molecule has 114 valence electrons. The van der Waals surface area contributed by atoms with Crippen LogP contribution >= 0.6 is 0 Å². The Bertz CT molecular complexity index is 420. The molecule has 0 aliphatic rings. The maximum Gasteiger partial charge on any atom is 0.276 e. The van der Waals surface area contributed by atoms with Gasteiger partial charge in [-0.3, -0.25) is 9.48 Å². The van der Waals surface area contributed by atoms with Gasteiger partial charge in [0.05, 0.1) is 12.3 Å². The first kappa shape index (κ1) is 16.5. The predicted molar refractivity (Wildman–Crippen MR) is 76.6 cm³/mol. The lowest BCUT2D eigenvalue weighted by Crippen LogP contribution is -2.36. The van der Waals surface area contributed by atoms with Crippen molar-refractivity contribution in [1.29, 1.82) is 0 Å². The van der Waals surface area contributed by atoms with Crippen LogP contribution in [0.4, 0.5) is 5.69 Å². The fourth-order valence-corrected chi connectivity index (χ4v) is 1.83. The molecular weight excluding hydrogens is 260 g/mol. The van der Waals surface area contributed by atoms with E-state index in [1.807, 2.05) is 6.92 Å². The highest BCUT2D eigenvalue weighted by Gasteiger charge is 2.21. The van der Waals surface area contributed by atoms with Gasteiger partial charge in [-0.1, -0.05) is 0 Å². The number of carbonyl (C=O) groups excluding carboxylic acids is 1. The minimum absolute atomic E-state index is 0.164. The Hall–Kier alpha value is -1.60. The van der Waals surface area contributed by atoms with Crippen LogP contribution in [0.3, 0.4) is 0 Å². The van der Waals surface area contributed by atoms with Gasteiger partial charge in [-0.25, -0.2) is 0 Å². The van der Waals surface area contributed by atoms with Gasteiger partial charge in [-0.2, -0.15) is 5.10 Å². The SMILES string of the molecule is CCn1cc(N)c(C(=O)N(CCCOC)CCOC)n1. The molecule has 0 aliphatic carbocycles. The van der Waals surface area contributed by atoms with Crippen LogP contribution in [0, 0.1) is 0 Å². The zero-order chi connectivity index (χ0) is 15.0. The number of nitrogens with zero attached hydrogens (tertiary/aromatic N) is 3. The Labute approximate surface area is 119 Å². The highest BCUT2D eigenvalue weighted by atomic mass is 16.5. The van der Waals surface area contributed by atoms with Crippen LogP contribution in [0.15, 0.2) is 6.20 Å². The number of carbonyl (C=O) groups is 1. The molecule has 1 heterocycles. The molecule has 0 saturated heterocycles. The van der Waals surface area contributed by atoms with Crippen molar-refractivity contribution in [3.05, 3.63) is 11.9 Å². The molecule has 0 fully saturated rings. The zero-order valence-electron chi connectivity index (χ0n) is 12.5. The highest BCUT2D eigenvalue weighted by Crippen LogP contribution is 2.12. The van der Waals surface area contributed by atoms with E-state index in [2.05, 4.69) is 5.10 Å². The third-order valence-corrected chi connectivity index (χ3v) is 2.95. The van der Waals surface area contributed by atoms with Gasteiger partial charge in [-0.15, -0.1) is 0 Å². The minimum Gasteiger partial charge on any atom is -0.396 e. The molecule has 0 unspecified atom stereocenters. The standard InChI is InChI=1S/C13H24N4O3/c1-4-17-10-11(14)12(15-17)13(18)16(7-9-20-3)6-5-8-19-2/h10H,4-9,14H2,1-3H3. The normalized spacial score (nSPS) is 10.8. The van der Waals surface area contributed by atoms with Gasteiger partial charge in [0.1, 0.15) is 0 Å². The van der Waals surface area contributed by atoms with Crippen molar-refractivity contribution in [3.63, 3.8) is 0 Å². The molecule has 0 aliphatic heterocycles. The molecule has 7 nitrogen and oxygen atoms in total. The molecule has 1 aromatic heterocycles. The lowest BCUT2D eigenvalue weighted by Gasteiger charge is -2.21. The van der Waals surface area contributed by atoms with Gasteiger partial charge in [0.2, 0.25) is 0 Å². The maximum atomic E-state index is 12.5. The number of methoxy groups -OCH3 is 2. The van der Waals surface area contributed by atoms with E-state index in [9.17, 15) is 4.79 Å². The number of amides is 1. The summed E-state index contributed by atoms with van der Waals surface area (Å²) >= 11 is 0. The van der Waals surface area contributed by atoms with Gasteiger partial charge in [-0.05, 0) is 13.3 Å². The van der Waals surface area contributed by atoms with Crippen LogP contribution in [-0.2, 0) is 16.0 Å². The number of aryl methyl sites for hydroxylation is 1. The lowest BCUT2D eigenvalue weighted by atomic mass is 10.3. The van der Waals surface area contributed by atoms with Crippen LogP contribution in [0.2, 0.25) is 0 Å². The first-order valence-corrected chi connectivity index (χ1v) is 6.74. The van der Waals surface area contributed by atoms with Gasteiger partial charge in [0.25, 0.3) is 5.91 Å². The first-order valence-electron chi connectivity index (χ1n) is 6.74. The van der Waals surface area contributed by atoms with Crippen molar-refractivity contribution >= 4 is 11.6 Å². The van der Waals surface area contributed by atoms with Crippen molar-refractivity contribution in [1.82, 2.24) is 14.7 Å². The van der Waals surface area contributed by atoms with Crippen LogP contribution in [0.5, 0.6) is 0 Å². The molecule has 7 heteroatoms. The van der Waals surface area contributed by atoms with Crippen molar-refractivity contribution in [2.45, 2.75) is 19.9 Å². The van der Waals surface area contributed by atoms with Crippen molar-refractivity contribution in [2.75, 3.05) is 46.3 Å². The van der Waals surface area contributed by atoms with Crippen molar-refractivity contribution < 1.29 is 14.3 Å². The summed E-state index contributed by atoms with van der Waals surface area (Å²) in [4.78, 5) is 14.2. The predicted octanol–water partition coefficient (Wildman–Crippen LogP) is 0.610. The van der Waals surface area contributed by atoms with E-state index < -0.39 is 0 Å². The molecule has 1 amide bonds. The first-order chi connectivity index (χ1) is 9.63. The molecule has 2 N–H and O–H groups in total. The molecule has 20 heavy (non-hydrogen) atoms. The number of aromatic nitrogens is 2. The summed E-state index contributed by atoms with van der Waals surface area (Å²) < 4.78 is 11.7. The van der Waals surface area contributed by atoms with Crippen LogP contribution < -0.4 is 5.73 Å². The second-order valence-electron chi connectivity index (χ2n) is 4.42. The molecule has 0 spiro atoms. The molecule has 0 saturated carbocycles. The van der Waals surface area contributed by atoms with E-state index in [1.54, 1.807) is 30.0 Å². The Kier molecular flexibility index (Phi) is 7.03. The van der Waals surface area contributed by atoms with Crippen molar-refractivity contribution in [2.24, 2.45) is 0 Å². The summed E-state index contributed by atoms with van der Waals surface area (Å²) in [7, 11) is 3.25. The lowest BCUT2D eigenvalue weighted by molar-refractivity contribution is 0.0668. The van der Waals surface area contributed by atoms with Crippen LogP contribution in [0.25, 0.3) is 0 Å². The van der Waals surface area contributed by atoms with E-state index in [4.69, 9.17) is 15.2 Å². The topological polar surface area (TPSA) is 82.6 Å². The number of nitrogen functional groups attached to an aromatic ring is 1. The fourth-order valence-electron chi connectivity index (χ4n) is 1.83. The second kappa shape index (κ2) is 8.55. The summed E-state index contributed by atoms with van der Waals surface area (Å²) in [6, 6.07) is 0. The Morgan fingerprint density at radius 1 is 1.35 bits per heavy atom. The molecule has 1 aromatic rings. The second-order valence-corrected chi connectivity index (χ2v) is 4.42. The number of ether oxygens (including phenoxy) is 2. The minimum atomic E-state index is -0.164. The summed E-state index contributed by atoms with van der Waals surface area (Å²) in [5.74, 6) is -0.164. The van der Waals surface area contributed by atoms with E-state index in [-0.39, 0.29) is 5.91 Å². The Balaban J connectivity index is 2.76. The summed E-state index contributed by atoms with van der Waals surface area (Å²) in [5, 5.41) is 4.21. The van der Waals surface area contributed by atoms with Crippen LogP contribution in [-0.4, -0.2) is 61.1 Å². The molecule has 0 bridgehead atoms. The monoisotopic (exact) mass is 284 g/mol. The summed E-state index contributed by atoms with van der Waals surface area (Å²) in [6.07, 6.45) is 2.44. The molecular formula is C13H24N4O3. The molecule has 1 rings (SSSR count). The van der Waals surface area contributed by atoms with Gasteiger partial charge in [0.15, 0.2) is 5.69 Å². The third kappa shape index (κ3) is 4.50. The van der Waals surface area contributed by atoms with Gasteiger partial charge < -0.3 is 20.1 Å². The average molecular weight is 284 g/mol. The maximum absolute atomic E-state index is 12.5. The Morgan fingerprint density at radius 2 is 2.05 bits per heavy atom. The van der Waals surface area contributed by atoms with Gasteiger partial charge in [0, 0.05) is 46.7 Å². The molecule has 0 aromatic carbocycles. The largest absolute Gasteiger partial charge is 0.396 e. The molecule has 0 radical (unpaired) electrons. The van der Waals surface area contributed by atoms with Crippen molar-refractivity contribution in [3.8, 4) is 0 Å². The number of anilines is 1. The quantitative estimate of drug-likeness (QED) is 0.672. The fraction of sp³-hybridized carbons (Fsp3) is 0.692. The third-order valence-electron chi connectivity index (χ3n) is 2.95. The zero-order valence-corrected chi connectivity index (χ0v) is 12.5. The molecule has 0 atom stereocenters. The average Bonchev–Trinajstić information content (AvgIpc) is 2.83. The smallest absolute Gasteiger partial charge is 0.276 e. The number of rotatable bonds is 9. The van der Waals surface area contributed by atoms with E-state index >= 15 is 0 Å². The number of nitrogens with two attached hydrogens (primary N) is 1. The Morgan fingerprint density at radius 3 is 2.60 bits per heavy atom. The summed E-state index contributed by atoms with van der Waals surface area (Å²) in [6.45, 7) is 4.82. The van der Waals surface area contributed by atoms with E-state index in [0.717, 1.165) is 6.42 Å². The highest BCUT2D eigenvalue weighted by molar-refractivity contribution is 5.97. The van der Waals surface area contributed by atoms with Gasteiger partial charge >= 0.3 is 0 Å². The van der Waals surface area contributed by atoms with E-state index in [1.165, 1.54) is 0 Å². The summed E-state index contributed by atoms with van der Waals surface area (Å²) in [5.41, 5.74) is 6.57. The number of hydrogen-bond donors (Lipinski definition) is 1. The van der Waals surface area contributed by atoms with Crippen LogP contribution in [0.1, 0.15) is 23.8 Å². The number of hydrogen-bond acceptors (Lipinski definition) is 5.